The van der Waals surface area contributed by atoms with Crippen molar-refractivity contribution >= 4 is 49.7 Å². The Morgan fingerprint density at radius 2 is 0.778 bits per heavy atom. The first-order chi connectivity index (χ1) is 21.3. The maximum Gasteiger partial charge on any atom is 2.00 e. The molecule has 0 amide bonds. The summed E-state index contributed by atoms with van der Waals surface area (Å²) in [6.07, 6.45) is 10.9. The fourth-order valence-corrected chi connectivity index (χ4v) is 11.2. The van der Waals surface area contributed by atoms with Gasteiger partial charge in [-0.1, -0.05) is 141 Å². The molecule has 5 rings (SSSR count). The predicted octanol–water partition coefficient (Wildman–Crippen LogP) is 9.49. The van der Waals surface area contributed by atoms with Crippen LogP contribution < -0.4 is 21.2 Å². The molecule has 4 heteroatoms. The molecule has 0 aliphatic heterocycles. The van der Waals surface area contributed by atoms with Crippen LogP contribution in [0.25, 0.3) is 0 Å². The quantitative estimate of drug-likeness (QED) is 0.0678. The number of hydrogen-bond donors (Lipinski definition) is 0. The molecule has 0 N–H and O–H groups in total. The summed E-state index contributed by atoms with van der Waals surface area (Å²) in [7, 11) is -0.897. The van der Waals surface area contributed by atoms with E-state index in [2.05, 4.69) is 148 Å². The molecule has 0 spiro atoms. The molecule has 1 fully saturated rings. The number of rotatable bonds is 10. The van der Waals surface area contributed by atoms with Crippen LogP contribution in [0, 0.1) is 32.1 Å². The van der Waals surface area contributed by atoms with Gasteiger partial charge in [-0.3, -0.25) is 0 Å². The van der Waals surface area contributed by atoms with E-state index in [0.717, 1.165) is 17.6 Å². The van der Waals surface area contributed by atoms with Gasteiger partial charge in [0.25, 0.3) is 0 Å². The normalized spacial score (nSPS) is 14.1. The SMILES string of the molecule is C=C(C)C[C@H]([S-])C(=C)C.C[C@@H]([C@H](C)P(c1ccccc1)c1ccccc1)P(c1ccccc1)c1ccccc1.[CH]1[CH][CH][CH][CH]1.[Ru+2]. The molecule has 45 heavy (non-hydrogen) atoms. The van der Waals surface area contributed by atoms with E-state index in [1.807, 2.05) is 46.0 Å². The molecular formula is C41H46P2RuS+. The maximum atomic E-state index is 5.08. The van der Waals surface area contributed by atoms with Crippen molar-refractivity contribution in [2.75, 3.05) is 0 Å². The van der Waals surface area contributed by atoms with Crippen molar-refractivity contribution in [2.45, 2.75) is 50.7 Å². The number of benzene rings is 4. The van der Waals surface area contributed by atoms with Crippen molar-refractivity contribution in [2.24, 2.45) is 0 Å². The summed E-state index contributed by atoms with van der Waals surface area (Å²) in [6.45, 7) is 16.4. The summed E-state index contributed by atoms with van der Waals surface area (Å²) in [4.78, 5) is 0. The third kappa shape index (κ3) is 13.4. The largest absolute Gasteiger partial charge is 2.00 e. The van der Waals surface area contributed by atoms with Gasteiger partial charge in [0.05, 0.1) is 0 Å². The molecular weight excluding hydrogens is 688 g/mol. The van der Waals surface area contributed by atoms with E-state index in [0.29, 0.717) is 11.3 Å². The summed E-state index contributed by atoms with van der Waals surface area (Å²) in [5, 5.41) is 6.05. The van der Waals surface area contributed by atoms with Gasteiger partial charge >= 0.3 is 19.5 Å². The van der Waals surface area contributed by atoms with Crippen molar-refractivity contribution in [3.8, 4) is 0 Å². The molecule has 4 aromatic rings. The third-order valence-electron chi connectivity index (χ3n) is 7.29. The minimum atomic E-state index is -0.448. The summed E-state index contributed by atoms with van der Waals surface area (Å²) in [5.74, 6) is 0. The first-order valence-corrected chi connectivity index (χ1v) is 18.5. The van der Waals surface area contributed by atoms with Gasteiger partial charge < -0.3 is 12.6 Å². The molecule has 0 heterocycles. The number of hydrogen-bond acceptors (Lipinski definition) is 1. The van der Waals surface area contributed by atoms with Gasteiger partial charge in [-0.2, -0.15) is 0 Å². The Kier molecular flexibility index (Phi) is 19.2. The first-order valence-electron chi connectivity index (χ1n) is 15.2. The predicted molar refractivity (Wildman–Crippen MR) is 204 cm³/mol. The minimum Gasteiger partial charge on any atom is -0.785 e. The Hall–Kier alpha value is -1.81. The summed E-state index contributed by atoms with van der Waals surface area (Å²) >= 11 is 5.08. The average Bonchev–Trinajstić information content (AvgIpc) is 3.64. The van der Waals surface area contributed by atoms with Crippen molar-refractivity contribution in [3.63, 3.8) is 0 Å². The monoisotopic (exact) mass is 734 g/mol. The minimum absolute atomic E-state index is 0. The van der Waals surface area contributed by atoms with Crippen molar-refractivity contribution in [3.05, 3.63) is 178 Å². The fourth-order valence-electron chi connectivity index (χ4n) is 4.84. The molecule has 1 aliphatic carbocycles. The fraction of sp³-hybridized carbons (Fsp3) is 0.195. The van der Waals surface area contributed by atoms with Crippen molar-refractivity contribution in [1.29, 1.82) is 0 Å². The summed E-state index contributed by atoms with van der Waals surface area (Å²) < 4.78 is 0. The first kappa shape index (κ1) is 39.4. The van der Waals surface area contributed by atoms with Crippen LogP contribution in [-0.2, 0) is 32.1 Å². The molecule has 4 aromatic carbocycles. The van der Waals surface area contributed by atoms with Gasteiger partial charge in [0.1, 0.15) is 0 Å². The van der Waals surface area contributed by atoms with Gasteiger partial charge in [-0.25, -0.2) is 0 Å². The Labute approximate surface area is 295 Å². The van der Waals surface area contributed by atoms with E-state index in [4.69, 9.17) is 12.6 Å². The molecule has 5 radical (unpaired) electrons. The molecule has 0 unspecified atom stereocenters. The average molecular weight is 734 g/mol. The maximum absolute atomic E-state index is 5.08. The van der Waals surface area contributed by atoms with Crippen molar-refractivity contribution in [1.82, 2.24) is 0 Å². The van der Waals surface area contributed by atoms with Crippen LogP contribution in [0.1, 0.15) is 34.1 Å². The smallest absolute Gasteiger partial charge is 0.785 e. The Morgan fingerprint density at radius 1 is 0.533 bits per heavy atom. The number of allylic oxidation sites excluding steroid dienone is 1. The topological polar surface area (TPSA) is 0 Å². The molecule has 1 aliphatic rings. The standard InChI is InChI=1S/C28H28P2.C8H14S.C5H5.Ru/c1-23(29(25-15-7-3-8-16-25)26-17-9-4-10-18-26)24(2)30(27-19-11-5-12-20-27)28-21-13-6-14-22-28;1-6(2)5-8(9)7(3)4;1-2-4-5-3-1;/h3-24H,1-2H3;8-9H,1,3,5H2,2,4H3;1-5H;/q;;;+2/p-1/t23-,24-;8-;;/m00../s1. The van der Waals surface area contributed by atoms with Crippen LogP contribution in [0.3, 0.4) is 0 Å². The van der Waals surface area contributed by atoms with Gasteiger partial charge in [0.2, 0.25) is 0 Å². The van der Waals surface area contributed by atoms with E-state index in [1.165, 1.54) is 21.2 Å². The molecule has 3 atom stereocenters. The second kappa shape index (κ2) is 21.9. The van der Waals surface area contributed by atoms with Gasteiger partial charge in [-0.15, -0.1) is 24.0 Å². The molecule has 0 nitrogen and oxygen atoms in total. The van der Waals surface area contributed by atoms with E-state index in [-0.39, 0.29) is 24.7 Å². The Morgan fingerprint density at radius 3 is 0.956 bits per heavy atom. The van der Waals surface area contributed by atoms with Crippen LogP contribution in [0.15, 0.2) is 146 Å². The summed E-state index contributed by atoms with van der Waals surface area (Å²) in [5.41, 5.74) is 3.30. The zero-order chi connectivity index (χ0) is 31.7. The molecule has 233 valence electrons. The Bertz CT molecular complexity index is 1180. The van der Waals surface area contributed by atoms with E-state index in [9.17, 15) is 0 Å². The van der Waals surface area contributed by atoms with Gasteiger partial charge in [-0.05, 0) is 101 Å². The second-order valence-electron chi connectivity index (χ2n) is 11.0. The van der Waals surface area contributed by atoms with Gasteiger partial charge in [0.15, 0.2) is 0 Å². The molecule has 1 saturated carbocycles. The third-order valence-corrected chi connectivity index (χ3v) is 14.0. The van der Waals surface area contributed by atoms with Crippen LogP contribution in [0.5, 0.6) is 0 Å². The van der Waals surface area contributed by atoms with Crippen LogP contribution in [0.2, 0.25) is 0 Å². The van der Waals surface area contributed by atoms with Gasteiger partial charge in [0, 0.05) is 0 Å². The Balaban J connectivity index is 0.000000391. The van der Waals surface area contributed by atoms with Crippen LogP contribution in [0.4, 0.5) is 0 Å². The van der Waals surface area contributed by atoms with Crippen molar-refractivity contribution < 1.29 is 19.5 Å². The molecule has 0 aromatic heterocycles. The second-order valence-corrected chi connectivity index (χ2v) is 16.8. The zero-order valence-electron chi connectivity index (χ0n) is 26.9. The zero-order valence-corrected chi connectivity index (χ0v) is 31.3. The van der Waals surface area contributed by atoms with E-state index in [1.54, 1.807) is 0 Å². The molecule has 0 bridgehead atoms. The van der Waals surface area contributed by atoms with Crippen LogP contribution in [-0.4, -0.2) is 16.6 Å². The summed E-state index contributed by atoms with van der Waals surface area (Å²) in [6, 6.07) is 44.5. The van der Waals surface area contributed by atoms with Crippen LogP contribution >= 0.6 is 15.8 Å². The van der Waals surface area contributed by atoms with E-state index < -0.39 is 15.8 Å². The molecule has 0 saturated heterocycles. The van der Waals surface area contributed by atoms with E-state index >= 15 is 0 Å².